The molecule has 3 rings (SSSR count). The van der Waals surface area contributed by atoms with E-state index >= 15 is 0 Å². The molecule has 2 N–H and O–H groups in total. The van der Waals surface area contributed by atoms with Crippen molar-refractivity contribution in [3.05, 3.63) is 30.1 Å². The number of nitrogens with zero attached hydrogens (tertiary/aromatic N) is 2. The van der Waals surface area contributed by atoms with Crippen molar-refractivity contribution < 1.29 is 13.5 Å². The van der Waals surface area contributed by atoms with Crippen LogP contribution in [0.3, 0.4) is 0 Å². The molecule has 6 heteroatoms. The molecule has 0 amide bonds. The number of hydrogen-bond donors (Lipinski definition) is 1. The molecule has 0 spiro atoms. The van der Waals surface area contributed by atoms with Gasteiger partial charge in [-0.1, -0.05) is 0 Å². The Hall–Kier alpha value is -2.08. The van der Waals surface area contributed by atoms with E-state index in [1.54, 1.807) is 12.1 Å². The molecule has 2 aromatic rings. The predicted molar refractivity (Wildman–Crippen MR) is 79.2 cm³/mol. The Morgan fingerprint density at radius 2 is 2.24 bits per heavy atom. The highest BCUT2D eigenvalue weighted by Gasteiger charge is 2.18. The first-order valence-corrected chi connectivity index (χ1v) is 7.06. The number of hydrogen-bond acceptors (Lipinski definition) is 5. The van der Waals surface area contributed by atoms with E-state index in [0.717, 1.165) is 18.6 Å². The van der Waals surface area contributed by atoms with E-state index in [4.69, 9.17) is 14.9 Å². The van der Waals surface area contributed by atoms with Crippen LogP contribution in [0.15, 0.2) is 34.5 Å². The van der Waals surface area contributed by atoms with E-state index < -0.39 is 0 Å². The first-order valence-electron chi connectivity index (χ1n) is 7.06. The molecule has 1 saturated heterocycles. The summed E-state index contributed by atoms with van der Waals surface area (Å²) in [5.74, 6) is 0.611. The van der Waals surface area contributed by atoms with E-state index in [2.05, 4.69) is 9.88 Å². The second-order valence-electron chi connectivity index (χ2n) is 5.08. The average Bonchev–Trinajstić information content (AvgIpc) is 3.16. The number of rotatable bonds is 5. The summed E-state index contributed by atoms with van der Waals surface area (Å²) in [7, 11) is 0. The van der Waals surface area contributed by atoms with Crippen LogP contribution >= 0.6 is 0 Å². The minimum absolute atomic E-state index is 0.131. The maximum Gasteiger partial charge on any atom is 0.298 e. The van der Waals surface area contributed by atoms with Gasteiger partial charge in [0.1, 0.15) is 17.9 Å². The average molecular weight is 291 g/mol. The van der Waals surface area contributed by atoms with Crippen LogP contribution in [0.5, 0.6) is 5.75 Å². The first kappa shape index (κ1) is 13.9. The molecule has 0 bridgehead atoms. The normalized spacial score (nSPS) is 15.9. The quantitative estimate of drug-likeness (QED) is 0.917. The van der Waals surface area contributed by atoms with Gasteiger partial charge < -0.3 is 19.8 Å². The van der Waals surface area contributed by atoms with Crippen molar-refractivity contribution in [3.63, 3.8) is 0 Å². The molecule has 1 aromatic heterocycles. The summed E-state index contributed by atoms with van der Waals surface area (Å²) < 4.78 is 23.7. The number of anilines is 1. The van der Waals surface area contributed by atoms with Gasteiger partial charge in [-0.15, -0.1) is 0 Å². The lowest BCUT2D eigenvalue weighted by Crippen LogP contribution is -2.17. The van der Waals surface area contributed by atoms with Gasteiger partial charge in [0.05, 0.1) is 6.33 Å². The van der Waals surface area contributed by atoms with Gasteiger partial charge >= 0.3 is 0 Å². The van der Waals surface area contributed by atoms with E-state index in [-0.39, 0.29) is 13.2 Å². The highest BCUT2D eigenvalue weighted by atomic mass is 19.1. The summed E-state index contributed by atoms with van der Waals surface area (Å²) in [6.07, 6.45) is 2.83. The molecule has 0 unspecified atom stereocenters. The lowest BCUT2D eigenvalue weighted by atomic mass is 10.3. The van der Waals surface area contributed by atoms with Crippen LogP contribution in [-0.4, -0.2) is 31.2 Å². The van der Waals surface area contributed by atoms with E-state index in [1.165, 1.54) is 12.8 Å². The molecular formula is C15H18FN3O2. The smallest absolute Gasteiger partial charge is 0.298 e. The van der Waals surface area contributed by atoms with E-state index in [0.29, 0.717) is 29.3 Å². The van der Waals surface area contributed by atoms with Crippen LogP contribution < -0.4 is 15.4 Å². The number of aromatic nitrogens is 1. The lowest BCUT2D eigenvalue weighted by molar-refractivity contribution is 0.347. The number of nitrogens with two attached hydrogens (primary N) is 1. The Balaban J connectivity index is 1.76. The number of benzene rings is 1. The minimum atomic E-state index is 0.131. The summed E-state index contributed by atoms with van der Waals surface area (Å²) in [5.41, 5.74) is 7.27. The Kier molecular flexibility index (Phi) is 4.06. The number of oxazole rings is 1. The number of fused-ring (bicyclic) bond motifs is 1. The van der Waals surface area contributed by atoms with Crippen LogP contribution in [0.25, 0.3) is 11.1 Å². The Morgan fingerprint density at radius 3 is 2.95 bits per heavy atom. The Bertz CT molecular complexity index is 647. The zero-order chi connectivity index (χ0) is 14.7. The largest absolute Gasteiger partial charge is 0.489 e. The minimum Gasteiger partial charge on any atom is -0.489 e. The number of halogens is 1. The predicted octanol–water partition coefficient (Wildman–Crippen LogP) is 2.62. The Labute approximate surface area is 122 Å². The van der Waals surface area contributed by atoms with E-state index in [1.807, 2.05) is 6.07 Å². The summed E-state index contributed by atoms with van der Waals surface area (Å²) in [6.45, 7) is 2.24. The van der Waals surface area contributed by atoms with Crippen molar-refractivity contribution in [3.8, 4) is 5.75 Å². The standard InChI is InChI=1S/C15H18FN3O2/c16-8-11(9-17)10-20-12-3-4-13-14(7-12)21-15(18-13)19-5-1-2-6-19/h3-4,7-8H,1-2,5-6,9-10,17H2/b11-8+. The monoisotopic (exact) mass is 291 g/mol. The fourth-order valence-electron chi connectivity index (χ4n) is 2.34. The third-order valence-electron chi connectivity index (χ3n) is 3.57. The molecule has 1 fully saturated rings. The van der Waals surface area contributed by atoms with Gasteiger partial charge in [0.15, 0.2) is 5.58 Å². The van der Waals surface area contributed by atoms with Crippen molar-refractivity contribution in [2.24, 2.45) is 5.73 Å². The molecular weight excluding hydrogens is 273 g/mol. The summed E-state index contributed by atoms with van der Waals surface area (Å²) in [6, 6.07) is 6.07. The maximum absolute atomic E-state index is 12.4. The van der Waals surface area contributed by atoms with Crippen LogP contribution in [0, 0.1) is 0 Å². The van der Waals surface area contributed by atoms with Gasteiger partial charge in [0.25, 0.3) is 6.01 Å². The van der Waals surface area contributed by atoms with E-state index in [9.17, 15) is 4.39 Å². The molecule has 5 nitrogen and oxygen atoms in total. The van der Waals surface area contributed by atoms with Crippen molar-refractivity contribution in [1.29, 1.82) is 0 Å². The van der Waals surface area contributed by atoms with Crippen LogP contribution in [-0.2, 0) is 0 Å². The highest BCUT2D eigenvalue weighted by molar-refractivity contribution is 5.76. The second-order valence-corrected chi connectivity index (χ2v) is 5.08. The maximum atomic E-state index is 12.4. The first-order chi connectivity index (χ1) is 10.3. The number of ether oxygens (including phenoxy) is 1. The zero-order valence-corrected chi connectivity index (χ0v) is 11.7. The molecule has 1 aliphatic heterocycles. The molecule has 1 aliphatic rings. The summed E-state index contributed by atoms with van der Waals surface area (Å²) >= 11 is 0. The Morgan fingerprint density at radius 1 is 1.43 bits per heavy atom. The molecule has 0 aliphatic carbocycles. The van der Waals surface area contributed by atoms with Crippen LogP contribution in [0.2, 0.25) is 0 Å². The molecule has 0 atom stereocenters. The van der Waals surface area contributed by atoms with Crippen molar-refractivity contribution >= 4 is 17.1 Å². The topological polar surface area (TPSA) is 64.5 Å². The van der Waals surface area contributed by atoms with Crippen LogP contribution in [0.1, 0.15) is 12.8 Å². The molecule has 112 valence electrons. The zero-order valence-electron chi connectivity index (χ0n) is 11.7. The fraction of sp³-hybridized carbons (Fsp3) is 0.400. The molecule has 0 radical (unpaired) electrons. The van der Waals surface area contributed by atoms with Gasteiger partial charge in [-0.05, 0) is 25.0 Å². The summed E-state index contributed by atoms with van der Waals surface area (Å²) in [5, 5.41) is 0. The van der Waals surface area contributed by atoms with Gasteiger partial charge in [-0.25, -0.2) is 4.39 Å². The molecule has 0 saturated carbocycles. The second kappa shape index (κ2) is 6.13. The van der Waals surface area contributed by atoms with Gasteiger partial charge in [0, 0.05) is 31.3 Å². The molecule has 21 heavy (non-hydrogen) atoms. The SMILES string of the molecule is NC/C(=C\F)COc1ccc2nc(N3CCCC3)oc2c1. The molecule has 2 heterocycles. The third-order valence-corrected chi connectivity index (χ3v) is 3.57. The van der Waals surface area contributed by atoms with Crippen LogP contribution in [0.4, 0.5) is 10.4 Å². The van der Waals surface area contributed by atoms with Crippen molar-refractivity contribution in [1.82, 2.24) is 4.98 Å². The van der Waals surface area contributed by atoms with Gasteiger partial charge in [-0.2, -0.15) is 4.98 Å². The summed E-state index contributed by atoms with van der Waals surface area (Å²) in [4.78, 5) is 6.61. The van der Waals surface area contributed by atoms with Crippen molar-refractivity contribution in [2.45, 2.75) is 12.8 Å². The lowest BCUT2D eigenvalue weighted by Gasteiger charge is -2.10. The molecule has 1 aromatic carbocycles. The van der Waals surface area contributed by atoms with Gasteiger partial charge in [-0.3, -0.25) is 0 Å². The van der Waals surface area contributed by atoms with Gasteiger partial charge in [0.2, 0.25) is 0 Å². The van der Waals surface area contributed by atoms with Crippen molar-refractivity contribution in [2.75, 3.05) is 31.1 Å². The fourth-order valence-corrected chi connectivity index (χ4v) is 2.34. The highest BCUT2D eigenvalue weighted by Crippen LogP contribution is 2.27. The third kappa shape index (κ3) is 3.00.